The molecule has 0 heterocycles. The number of rotatable bonds is 4. The van der Waals surface area contributed by atoms with Gasteiger partial charge in [0.15, 0.2) is 0 Å². The fraction of sp³-hybridized carbons (Fsp3) is 0.778. The largest absolute Gasteiger partial charge is 0.481 e. The molecule has 2 N–H and O–H groups in total. The molecule has 0 saturated carbocycles. The van der Waals surface area contributed by atoms with Gasteiger partial charge in [0.1, 0.15) is 0 Å². The van der Waals surface area contributed by atoms with Crippen molar-refractivity contribution in [1.29, 1.82) is 0 Å². The maximum Gasteiger partial charge on any atom is 0.309 e. The van der Waals surface area contributed by atoms with Crippen LogP contribution in [0.1, 0.15) is 41.5 Å². The summed E-state index contributed by atoms with van der Waals surface area (Å²) in [5.41, 5.74) is -0.932. The predicted molar refractivity (Wildman–Crippen MR) is 51.7 cm³/mol. The Morgan fingerprint density at radius 3 is 1.77 bits per heavy atom. The van der Waals surface area contributed by atoms with Crippen molar-refractivity contribution < 1.29 is 19.8 Å². The Kier molecular flexibility index (Phi) is 8.88. The van der Waals surface area contributed by atoms with Gasteiger partial charge in [-0.15, -0.1) is 0 Å². The van der Waals surface area contributed by atoms with Crippen LogP contribution in [-0.4, -0.2) is 22.2 Å². The second-order valence-electron chi connectivity index (χ2n) is 3.08. The third kappa shape index (κ3) is 7.31. The monoisotopic (exact) mass is 192 g/mol. The van der Waals surface area contributed by atoms with Gasteiger partial charge in [-0.05, 0) is 20.3 Å². The van der Waals surface area contributed by atoms with E-state index in [9.17, 15) is 9.59 Å². The van der Waals surface area contributed by atoms with Gasteiger partial charge in [-0.3, -0.25) is 9.59 Å². The smallest absolute Gasteiger partial charge is 0.309 e. The summed E-state index contributed by atoms with van der Waals surface area (Å²) in [6.07, 6.45) is 0.0664. The van der Waals surface area contributed by atoms with Crippen LogP contribution >= 0.6 is 0 Å². The molecular formula is C9H20O4. The first-order valence-electron chi connectivity index (χ1n) is 3.31. The Morgan fingerprint density at radius 1 is 1.15 bits per heavy atom. The van der Waals surface area contributed by atoms with E-state index in [1.54, 1.807) is 0 Å². The third-order valence-electron chi connectivity index (χ3n) is 1.54. The minimum atomic E-state index is -0.959. The first kappa shape index (κ1) is 17.9. The molecular weight excluding hydrogens is 172 g/mol. The molecule has 0 aliphatic rings. The number of aliphatic carboxylic acids is 2. The third-order valence-corrected chi connectivity index (χ3v) is 1.54. The van der Waals surface area contributed by atoms with E-state index in [0.717, 1.165) is 0 Å². The molecule has 0 radical (unpaired) electrons. The van der Waals surface area contributed by atoms with E-state index in [4.69, 9.17) is 10.2 Å². The maximum atomic E-state index is 10.4. The van der Waals surface area contributed by atoms with Crippen LogP contribution in [0.5, 0.6) is 0 Å². The maximum absolute atomic E-state index is 10.4. The molecule has 0 rings (SSSR count). The zero-order valence-electron chi connectivity index (χ0n) is 6.63. The highest BCUT2D eigenvalue weighted by molar-refractivity contribution is 5.75. The molecule has 0 saturated heterocycles. The minimum Gasteiger partial charge on any atom is -0.481 e. The van der Waals surface area contributed by atoms with E-state index in [1.165, 1.54) is 13.8 Å². The normalized spacial score (nSPS) is 9.38. The topological polar surface area (TPSA) is 74.6 Å². The lowest BCUT2D eigenvalue weighted by Crippen LogP contribution is -2.24. The van der Waals surface area contributed by atoms with Crippen molar-refractivity contribution in [2.45, 2.75) is 41.5 Å². The van der Waals surface area contributed by atoms with Gasteiger partial charge in [0.25, 0.3) is 0 Å². The standard InChI is InChI=1S/C7H12O4.2CH4/c1-7(2,6(10)11)4-3-5(8)9;;/h3-4H2,1-2H3,(H,8,9)(H,10,11);2*1H4. The van der Waals surface area contributed by atoms with Gasteiger partial charge in [-0.2, -0.15) is 0 Å². The summed E-state index contributed by atoms with van der Waals surface area (Å²) < 4.78 is 0. The van der Waals surface area contributed by atoms with Crippen molar-refractivity contribution in [3.05, 3.63) is 0 Å². The predicted octanol–water partition coefficient (Wildman–Crippen LogP) is 2.23. The summed E-state index contributed by atoms with van der Waals surface area (Å²) in [5, 5.41) is 16.8. The Bertz CT molecular complexity index is 172. The zero-order valence-corrected chi connectivity index (χ0v) is 6.63. The van der Waals surface area contributed by atoms with Crippen LogP contribution in [0.15, 0.2) is 0 Å². The number of carboxylic acid groups (broad SMARTS) is 2. The quantitative estimate of drug-likeness (QED) is 0.716. The van der Waals surface area contributed by atoms with Crippen LogP contribution in [-0.2, 0) is 9.59 Å². The first-order valence-corrected chi connectivity index (χ1v) is 3.31. The van der Waals surface area contributed by atoms with Gasteiger partial charge in [-0.1, -0.05) is 14.9 Å². The number of hydrogen-bond donors (Lipinski definition) is 2. The van der Waals surface area contributed by atoms with E-state index in [-0.39, 0.29) is 27.7 Å². The van der Waals surface area contributed by atoms with Crippen LogP contribution in [0.25, 0.3) is 0 Å². The van der Waals surface area contributed by atoms with Crippen molar-refractivity contribution in [1.82, 2.24) is 0 Å². The Balaban J connectivity index is -0.000000500. The molecule has 0 amide bonds. The number of carboxylic acids is 2. The van der Waals surface area contributed by atoms with Gasteiger partial charge in [0.05, 0.1) is 5.41 Å². The molecule has 0 fully saturated rings. The Hall–Kier alpha value is -1.06. The van der Waals surface area contributed by atoms with Crippen LogP contribution in [0.4, 0.5) is 0 Å². The molecule has 0 aromatic rings. The molecule has 0 unspecified atom stereocenters. The summed E-state index contributed by atoms with van der Waals surface area (Å²) >= 11 is 0. The number of carbonyl (C=O) groups is 2. The molecule has 4 heteroatoms. The highest BCUT2D eigenvalue weighted by Crippen LogP contribution is 2.21. The lowest BCUT2D eigenvalue weighted by atomic mass is 9.88. The van der Waals surface area contributed by atoms with Crippen molar-refractivity contribution >= 4 is 11.9 Å². The van der Waals surface area contributed by atoms with E-state index < -0.39 is 17.4 Å². The molecule has 0 aromatic heterocycles. The van der Waals surface area contributed by atoms with Crippen LogP contribution in [0.3, 0.4) is 0 Å². The van der Waals surface area contributed by atoms with Crippen LogP contribution < -0.4 is 0 Å². The van der Waals surface area contributed by atoms with Crippen molar-refractivity contribution in [3.63, 3.8) is 0 Å². The van der Waals surface area contributed by atoms with Gasteiger partial charge in [0.2, 0.25) is 0 Å². The van der Waals surface area contributed by atoms with E-state index in [0.29, 0.717) is 0 Å². The summed E-state index contributed by atoms with van der Waals surface area (Å²) in [6.45, 7) is 3.02. The Morgan fingerprint density at radius 2 is 1.54 bits per heavy atom. The summed E-state index contributed by atoms with van der Waals surface area (Å²) in [5.74, 6) is -1.92. The molecule has 0 spiro atoms. The fourth-order valence-electron chi connectivity index (χ4n) is 0.526. The molecule has 4 nitrogen and oxygen atoms in total. The van der Waals surface area contributed by atoms with E-state index in [1.807, 2.05) is 0 Å². The van der Waals surface area contributed by atoms with Crippen molar-refractivity contribution in [2.75, 3.05) is 0 Å². The lowest BCUT2D eigenvalue weighted by molar-refractivity contribution is -0.148. The highest BCUT2D eigenvalue weighted by Gasteiger charge is 2.27. The summed E-state index contributed by atoms with van der Waals surface area (Å²) in [7, 11) is 0. The second-order valence-corrected chi connectivity index (χ2v) is 3.08. The summed E-state index contributed by atoms with van der Waals surface area (Å²) in [4.78, 5) is 20.5. The van der Waals surface area contributed by atoms with Crippen LogP contribution in [0.2, 0.25) is 0 Å². The van der Waals surface area contributed by atoms with E-state index >= 15 is 0 Å². The zero-order chi connectivity index (χ0) is 9.07. The molecule has 0 aliphatic heterocycles. The Labute approximate surface area is 79.6 Å². The van der Waals surface area contributed by atoms with Gasteiger partial charge in [-0.25, -0.2) is 0 Å². The van der Waals surface area contributed by atoms with Gasteiger partial charge in [0, 0.05) is 6.42 Å². The van der Waals surface area contributed by atoms with Crippen molar-refractivity contribution in [3.8, 4) is 0 Å². The minimum absolute atomic E-state index is 0. The molecule has 0 atom stereocenters. The fourth-order valence-corrected chi connectivity index (χ4v) is 0.526. The molecule has 13 heavy (non-hydrogen) atoms. The SMILES string of the molecule is C.C.CC(C)(CCC(=O)O)C(=O)O. The van der Waals surface area contributed by atoms with E-state index in [2.05, 4.69) is 0 Å². The average molecular weight is 192 g/mol. The highest BCUT2D eigenvalue weighted by atomic mass is 16.4. The number of hydrogen-bond acceptors (Lipinski definition) is 2. The van der Waals surface area contributed by atoms with Crippen molar-refractivity contribution in [2.24, 2.45) is 5.41 Å². The van der Waals surface area contributed by atoms with Gasteiger partial charge >= 0.3 is 11.9 Å². The van der Waals surface area contributed by atoms with Crippen LogP contribution in [0, 0.1) is 5.41 Å². The molecule has 0 bridgehead atoms. The molecule has 0 aliphatic carbocycles. The lowest BCUT2D eigenvalue weighted by Gasteiger charge is -2.16. The molecule has 80 valence electrons. The first-order chi connectivity index (χ1) is 4.86. The summed E-state index contributed by atoms with van der Waals surface area (Å²) in [6, 6.07) is 0. The average Bonchev–Trinajstić information content (AvgIpc) is 1.84. The molecule has 0 aromatic carbocycles. The van der Waals surface area contributed by atoms with Gasteiger partial charge < -0.3 is 10.2 Å². The second kappa shape index (κ2) is 6.46.